The van der Waals surface area contributed by atoms with Gasteiger partial charge in [-0.3, -0.25) is 4.79 Å². The average molecular weight is 381 g/mol. The number of fused-ring (bicyclic) bond motifs is 1. The molecule has 0 spiro atoms. The lowest BCUT2D eigenvalue weighted by Crippen LogP contribution is -2.16. The van der Waals surface area contributed by atoms with Gasteiger partial charge in [0, 0.05) is 35.5 Å². The zero-order valence-electron chi connectivity index (χ0n) is 13.7. The lowest BCUT2D eigenvalue weighted by molar-refractivity contribution is -0.115. The Balaban J connectivity index is 1.50. The molecular formula is C18H15N5OS2. The summed E-state index contributed by atoms with van der Waals surface area (Å²) in [6, 6.07) is 10.2. The van der Waals surface area contributed by atoms with Gasteiger partial charge in [0.2, 0.25) is 5.91 Å². The van der Waals surface area contributed by atoms with Crippen LogP contribution in [-0.2, 0) is 4.79 Å². The van der Waals surface area contributed by atoms with Crippen molar-refractivity contribution in [1.29, 1.82) is 0 Å². The zero-order chi connectivity index (χ0) is 17.8. The first-order valence-corrected chi connectivity index (χ1v) is 9.78. The summed E-state index contributed by atoms with van der Waals surface area (Å²) >= 11 is 2.99. The second kappa shape index (κ2) is 7.59. The fourth-order valence-corrected chi connectivity index (χ4v) is 4.06. The van der Waals surface area contributed by atoms with E-state index in [2.05, 4.69) is 43.1 Å². The number of benzene rings is 1. The standard InChI is InChI=1S/C18H15N5OS2/c24-14(23-18-20-8-9-25-18)6-7-19-16-15-13(12-4-2-1-3-5-12)10-26-17(15)22-11-21-16/h1-5,8-11H,6-7H2,(H,19,21,22)(H,20,23,24). The molecule has 0 saturated heterocycles. The summed E-state index contributed by atoms with van der Waals surface area (Å²) in [6.07, 6.45) is 3.54. The van der Waals surface area contributed by atoms with Crippen molar-refractivity contribution < 1.29 is 4.79 Å². The number of aromatic nitrogens is 3. The Morgan fingerprint density at radius 2 is 1.96 bits per heavy atom. The number of hydrogen-bond donors (Lipinski definition) is 2. The van der Waals surface area contributed by atoms with E-state index in [0.29, 0.717) is 18.1 Å². The number of amides is 1. The molecule has 0 aliphatic carbocycles. The smallest absolute Gasteiger partial charge is 0.227 e. The van der Waals surface area contributed by atoms with Crippen molar-refractivity contribution in [2.24, 2.45) is 0 Å². The van der Waals surface area contributed by atoms with Crippen molar-refractivity contribution in [2.75, 3.05) is 17.2 Å². The van der Waals surface area contributed by atoms with Crippen molar-refractivity contribution in [2.45, 2.75) is 6.42 Å². The van der Waals surface area contributed by atoms with Crippen LogP contribution in [0.25, 0.3) is 21.3 Å². The number of anilines is 2. The molecular weight excluding hydrogens is 366 g/mol. The van der Waals surface area contributed by atoms with Crippen LogP contribution in [0.4, 0.5) is 10.9 Å². The minimum atomic E-state index is -0.0775. The van der Waals surface area contributed by atoms with Crippen molar-refractivity contribution in [1.82, 2.24) is 15.0 Å². The Bertz CT molecular complexity index is 1010. The van der Waals surface area contributed by atoms with Crippen molar-refractivity contribution >= 4 is 49.7 Å². The van der Waals surface area contributed by atoms with E-state index < -0.39 is 0 Å². The van der Waals surface area contributed by atoms with Crippen LogP contribution in [-0.4, -0.2) is 27.4 Å². The summed E-state index contributed by atoms with van der Waals surface area (Å²) in [5.41, 5.74) is 2.22. The molecule has 130 valence electrons. The van der Waals surface area contributed by atoms with Gasteiger partial charge in [-0.15, -0.1) is 22.7 Å². The number of nitrogens with one attached hydrogen (secondary N) is 2. The van der Waals surface area contributed by atoms with Gasteiger partial charge >= 0.3 is 0 Å². The van der Waals surface area contributed by atoms with Gasteiger partial charge in [0.25, 0.3) is 0 Å². The maximum absolute atomic E-state index is 12.0. The number of nitrogens with zero attached hydrogens (tertiary/aromatic N) is 3. The van der Waals surface area contributed by atoms with Gasteiger partial charge in [-0.1, -0.05) is 30.3 Å². The Kier molecular flexibility index (Phi) is 4.85. The van der Waals surface area contributed by atoms with E-state index in [1.807, 2.05) is 23.6 Å². The highest BCUT2D eigenvalue weighted by Crippen LogP contribution is 2.36. The van der Waals surface area contributed by atoms with Gasteiger partial charge in [0.15, 0.2) is 5.13 Å². The molecule has 2 N–H and O–H groups in total. The van der Waals surface area contributed by atoms with Crippen LogP contribution in [0, 0.1) is 0 Å². The quantitative estimate of drug-likeness (QED) is 0.522. The van der Waals surface area contributed by atoms with Gasteiger partial charge in [-0.05, 0) is 5.56 Å². The molecule has 3 heterocycles. The van der Waals surface area contributed by atoms with Crippen LogP contribution in [0.3, 0.4) is 0 Å². The maximum Gasteiger partial charge on any atom is 0.227 e. The first-order valence-electron chi connectivity index (χ1n) is 8.02. The number of carbonyl (C=O) groups is 1. The van der Waals surface area contributed by atoms with E-state index in [-0.39, 0.29) is 5.91 Å². The maximum atomic E-state index is 12.0. The molecule has 0 fully saturated rings. The van der Waals surface area contributed by atoms with E-state index in [1.165, 1.54) is 11.3 Å². The van der Waals surface area contributed by atoms with E-state index in [4.69, 9.17) is 0 Å². The molecule has 8 heteroatoms. The molecule has 6 nitrogen and oxygen atoms in total. The summed E-state index contributed by atoms with van der Waals surface area (Å²) in [7, 11) is 0. The monoisotopic (exact) mass is 381 g/mol. The molecule has 0 atom stereocenters. The largest absolute Gasteiger partial charge is 0.369 e. The summed E-state index contributed by atoms with van der Waals surface area (Å²) in [4.78, 5) is 25.7. The molecule has 0 radical (unpaired) electrons. The molecule has 4 rings (SSSR count). The van der Waals surface area contributed by atoms with Crippen LogP contribution in [0.5, 0.6) is 0 Å². The summed E-state index contributed by atoms with van der Waals surface area (Å²) < 4.78 is 0. The summed E-state index contributed by atoms with van der Waals surface area (Å²) in [6.45, 7) is 0.480. The minimum absolute atomic E-state index is 0.0775. The van der Waals surface area contributed by atoms with Crippen molar-refractivity contribution in [3.63, 3.8) is 0 Å². The average Bonchev–Trinajstić information content (AvgIpc) is 3.32. The van der Waals surface area contributed by atoms with Crippen LogP contribution in [0.1, 0.15) is 6.42 Å². The lowest BCUT2D eigenvalue weighted by Gasteiger charge is -2.08. The third-order valence-corrected chi connectivity index (χ3v) is 5.35. The van der Waals surface area contributed by atoms with Crippen LogP contribution in [0.2, 0.25) is 0 Å². The second-order valence-electron chi connectivity index (χ2n) is 5.48. The van der Waals surface area contributed by atoms with Crippen molar-refractivity contribution in [3.8, 4) is 11.1 Å². The Hall–Kier alpha value is -2.84. The van der Waals surface area contributed by atoms with Gasteiger partial charge in [0.05, 0.1) is 5.39 Å². The molecule has 0 unspecified atom stereocenters. The van der Waals surface area contributed by atoms with E-state index >= 15 is 0 Å². The van der Waals surface area contributed by atoms with E-state index in [0.717, 1.165) is 27.2 Å². The molecule has 0 saturated carbocycles. The molecule has 3 aromatic heterocycles. The third kappa shape index (κ3) is 3.56. The van der Waals surface area contributed by atoms with E-state index in [9.17, 15) is 4.79 Å². The molecule has 0 bridgehead atoms. The highest BCUT2D eigenvalue weighted by molar-refractivity contribution is 7.17. The number of hydrogen-bond acceptors (Lipinski definition) is 7. The molecule has 26 heavy (non-hydrogen) atoms. The fraction of sp³-hybridized carbons (Fsp3) is 0.111. The van der Waals surface area contributed by atoms with Gasteiger partial charge < -0.3 is 10.6 Å². The van der Waals surface area contributed by atoms with Crippen molar-refractivity contribution in [3.05, 3.63) is 53.6 Å². The summed E-state index contributed by atoms with van der Waals surface area (Å²) in [5, 5.41) is 11.6. The molecule has 0 aliphatic heterocycles. The summed E-state index contributed by atoms with van der Waals surface area (Å²) in [5.74, 6) is 0.670. The Labute approximate surface area is 158 Å². The molecule has 0 aliphatic rings. The highest BCUT2D eigenvalue weighted by Gasteiger charge is 2.13. The number of carbonyl (C=O) groups excluding carboxylic acids is 1. The minimum Gasteiger partial charge on any atom is -0.369 e. The van der Waals surface area contributed by atoms with Crippen LogP contribution in [0.15, 0.2) is 53.6 Å². The number of thiazole rings is 1. The topological polar surface area (TPSA) is 79.8 Å². The number of rotatable bonds is 6. The van der Waals surface area contributed by atoms with Gasteiger partial charge in [-0.2, -0.15) is 0 Å². The Morgan fingerprint density at radius 1 is 1.08 bits per heavy atom. The van der Waals surface area contributed by atoms with E-state index in [1.54, 1.807) is 23.9 Å². The highest BCUT2D eigenvalue weighted by atomic mass is 32.1. The third-order valence-electron chi connectivity index (χ3n) is 3.78. The normalized spacial score (nSPS) is 10.8. The first kappa shape index (κ1) is 16.6. The molecule has 4 aromatic rings. The predicted octanol–water partition coefficient (Wildman–Crippen LogP) is 4.26. The molecule has 1 aromatic carbocycles. The van der Waals surface area contributed by atoms with Gasteiger partial charge in [0.1, 0.15) is 17.0 Å². The van der Waals surface area contributed by atoms with Gasteiger partial charge in [-0.25, -0.2) is 15.0 Å². The second-order valence-corrected chi connectivity index (χ2v) is 7.23. The number of thiophene rings is 1. The van der Waals surface area contributed by atoms with Crippen LogP contribution < -0.4 is 10.6 Å². The lowest BCUT2D eigenvalue weighted by atomic mass is 10.1. The SMILES string of the molecule is O=C(CCNc1ncnc2scc(-c3ccccc3)c12)Nc1nccs1. The molecule has 1 amide bonds. The predicted molar refractivity (Wildman–Crippen MR) is 107 cm³/mol. The zero-order valence-corrected chi connectivity index (χ0v) is 15.3. The fourth-order valence-electron chi connectivity index (χ4n) is 2.60. The Morgan fingerprint density at radius 3 is 2.77 bits per heavy atom. The first-order chi connectivity index (χ1) is 12.8. The van der Waals surface area contributed by atoms with Crippen LogP contribution >= 0.6 is 22.7 Å².